The second-order valence-electron chi connectivity index (χ2n) is 6.90. The van der Waals surface area contributed by atoms with Gasteiger partial charge in [0.25, 0.3) is 5.91 Å². The van der Waals surface area contributed by atoms with Gasteiger partial charge in [-0.05, 0) is 53.6 Å². The van der Waals surface area contributed by atoms with Crippen LogP contribution in [0.1, 0.15) is 28.3 Å². The van der Waals surface area contributed by atoms with Crippen molar-refractivity contribution in [3.8, 4) is 5.75 Å². The van der Waals surface area contributed by atoms with E-state index in [1.165, 1.54) is 23.3 Å². The number of hydrogen-bond acceptors (Lipinski definition) is 5. The summed E-state index contributed by atoms with van der Waals surface area (Å²) in [4.78, 5) is 16.1. The van der Waals surface area contributed by atoms with Crippen molar-refractivity contribution in [3.63, 3.8) is 0 Å². The molecular weight excluding hydrogens is 373 g/mol. The largest absolute Gasteiger partial charge is 0.493 e. The van der Waals surface area contributed by atoms with Crippen LogP contribution in [0.3, 0.4) is 0 Å². The predicted molar refractivity (Wildman–Crippen MR) is 104 cm³/mol. The Morgan fingerprint density at radius 1 is 1.17 bits per heavy atom. The molecule has 8 heteroatoms. The molecule has 3 aromatic rings. The molecule has 0 bridgehead atoms. The minimum atomic E-state index is -0.241. The standard InChI is InChI=1S/C21H21FN5O2/c22-19-6-2-16(3-7-19)18-10-12-26(14-18)21(28)17-4-8-20(9-5-17)29-13-1-11-27-24-15-23-25-27/h1-9,15,18H,10-14H2/t18-/m0/s1. The highest BCUT2D eigenvalue weighted by atomic mass is 19.1. The third-order valence-corrected chi connectivity index (χ3v) is 4.97. The summed E-state index contributed by atoms with van der Waals surface area (Å²) in [5, 5.41) is 11.3. The average Bonchev–Trinajstić information content (AvgIpc) is 3.44. The molecule has 1 radical (unpaired) electrons. The smallest absolute Gasteiger partial charge is 0.253 e. The van der Waals surface area contributed by atoms with Crippen LogP contribution < -0.4 is 4.74 Å². The summed E-state index contributed by atoms with van der Waals surface area (Å²) in [6.07, 6.45) is 4.16. The Labute approximate surface area is 168 Å². The Hall–Kier alpha value is -3.29. The molecule has 7 nitrogen and oxygen atoms in total. The molecule has 2 heterocycles. The van der Waals surface area contributed by atoms with Crippen molar-refractivity contribution >= 4 is 5.91 Å². The number of amides is 1. The quantitative estimate of drug-likeness (QED) is 0.576. The first-order valence-corrected chi connectivity index (χ1v) is 9.49. The molecule has 2 aromatic carbocycles. The summed E-state index contributed by atoms with van der Waals surface area (Å²) in [6.45, 7) is 2.26. The highest BCUT2D eigenvalue weighted by molar-refractivity contribution is 5.94. The molecule has 1 fully saturated rings. The number of carbonyl (C=O) groups excluding carboxylic acids is 1. The van der Waals surface area contributed by atoms with Crippen LogP contribution in [0.4, 0.5) is 4.39 Å². The summed E-state index contributed by atoms with van der Waals surface area (Å²) in [7, 11) is 0. The van der Waals surface area contributed by atoms with Crippen molar-refractivity contribution < 1.29 is 13.9 Å². The molecule has 0 saturated carbocycles. The van der Waals surface area contributed by atoms with E-state index in [1.54, 1.807) is 36.4 Å². The fourth-order valence-corrected chi connectivity index (χ4v) is 3.42. The highest BCUT2D eigenvalue weighted by Crippen LogP contribution is 2.28. The van der Waals surface area contributed by atoms with Crippen LogP contribution in [0.5, 0.6) is 5.75 Å². The first-order chi connectivity index (χ1) is 14.2. The predicted octanol–water partition coefficient (Wildman–Crippen LogP) is 2.73. The van der Waals surface area contributed by atoms with Crippen molar-refractivity contribution in [1.82, 2.24) is 25.1 Å². The second-order valence-corrected chi connectivity index (χ2v) is 6.90. The molecular formula is C21H21FN5O2. The van der Waals surface area contributed by atoms with Crippen LogP contribution >= 0.6 is 0 Å². The molecule has 1 amide bonds. The normalized spacial score (nSPS) is 16.2. The monoisotopic (exact) mass is 394 g/mol. The lowest BCUT2D eigenvalue weighted by molar-refractivity contribution is 0.0790. The van der Waals surface area contributed by atoms with Crippen LogP contribution in [0.2, 0.25) is 0 Å². The third-order valence-electron chi connectivity index (χ3n) is 4.97. The fraction of sp³-hybridized carbons (Fsp3) is 0.286. The Bertz CT molecular complexity index is 929. The maximum absolute atomic E-state index is 13.1. The number of rotatable bonds is 7. The Kier molecular flexibility index (Phi) is 5.79. The van der Waals surface area contributed by atoms with Crippen LogP contribution in [-0.2, 0) is 6.54 Å². The number of likely N-dealkylation sites (tertiary alicyclic amines) is 1. The number of halogens is 1. The lowest BCUT2D eigenvalue weighted by atomic mass is 9.99. The number of hydrogen-bond donors (Lipinski definition) is 0. The van der Waals surface area contributed by atoms with Gasteiger partial charge in [0.2, 0.25) is 0 Å². The molecule has 0 spiro atoms. The fourth-order valence-electron chi connectivity index (χ4n) is 3.42. The summed E-state index contributed by atoms with van der Waals surface area (Å²) in [5.41, 5.74) is 1.70. The lowest BCUT2D eigenvalue weighted by Crippen LogP contribution is -2.28. The molecule has 1 aromatic heterocycles. The number of carbonyl (C=O) groups is 1. The number of ether oxygens (including phenoxy) is 1. The molecule has 1 aliphatic heterocycles. The molecule has 1 atom stereocenters. The van der Waals surface area contributed by atoms with E-state index in [2.05, 4.69) is 15.4 Å². The van der Waals surface area contributed by atoms with E-state index < -0.39 is 0 Å². The first kappa shape index (κ1) is 19.0. The summed E-state index contributed by atoms with van der Waals surface area (Å²) in [5.74, 6) is 0.701. The van der Waals surface area contributed by atoms with Crippen LogP contribution in [0.25, 0.3) is 0 Å². The van der Waals surface area contributed by atoms with Crippen molar-refractivity contribution in [2.75, 3.05) is 19.7 Å². The second kappa shape index (κ2) is 8.81. The van der Waals surface area contributed by atoms with Gasteiger partial charge in [-0.3, -0.25) is 4.79 Å². The van der Waals surface area contributed by atoms with Gasteiger partial charge in [-0.15, -0.1) is 10.2 Å². The van der Waals surface area contributed by atoms with E-state index in [9.17, 15) is 9.18 Å². The van der Waals surface area contributed by atoms with Crippen molar-refractivity contribution in [2.45, 2.75) is 18.9 Å². The van der Waals surface area contributed by atoms with Gasteiger partial charge in [-0.25, -0.2) is 4.39 Å². The third kappa shape index (κ3) is 4.77. The Morgan fingerprint density at radius 2 is 1.97 bits per heavy atom. The molecule has 0 N–H and O–H groups in total. The van der Waals surface area contributed by atoms with Gasteiger partial charge in [0.15, 0.2) is 6.33 Å². The SMILES string of the molecule is O=C(c1ccc(OC[CH]Cn2ncnn2)cc1)N1CC[C@H](c2ccc(F)cc2)C1. The van der Waals surface area contributed by atoms with Gasteiger partial charge in [0, 0.05) is 31.0 Å². The Balaban J connectivity index is 1.27. The topological polar surface area (TPSA) is 73.1 Å². The zero-order chi connectivity index (χ0) is 20.1. The van der Waals surface area contributed by atoms with E-state index in [0.29, 0.717) is 37.6 Å². The molecule has 1 saturated heterocycles. The maximum Gasteiger partial charge on any atom is 0.253 e. The average molecular weight is 394 g/mol. The summed E-state index contributed by atoms with van der Waals surface area (Å²) >= 11 is 0. The van der Waals surface area contributed by atoms with Crippen LogP contribution in [-0.4, -0.2) is 50.7 Å². The van der Waals surface area contributed by atoms with E-state index in [-0.39, 0.29) is 17.6 Å². The number of tetrazole rings is 1. The number of aromatic nitrogens is 4. The molecule has 4 rings (SSSR count). The van der Waals surface area contributed by atoms with Gasteiger partial charge in [-0.2, -0.15) is 4.80 Å². The highest BCUT2D eigenvalue weighted by Gasteiger charge is 2.27. The first-order valence-electron chi connectivity index (χ1n) is 9.49. The maximum atomic E-state index is 13.1. The van der Waals surface area contributed by atoms with Crippen LogP contribution in [0, 0.1) is 12.2 Å². The van der Waals surface area contributed by atoms with E-state index in [1.807, 2.05) is 11.3 Å². The molecule has 149 valence electrons. The van der Waals surface area contributed by atoms with Gasteiger partial charge >= 0.3 is 0 Å². The van der Waals surface area contributed by atoms with Gasteiger partial charge in [0.1, 0.15) is 11.6 Å². The van der Waals surface area contributed by atoms with E-state index in [0.717, 1.165) is 12.0 Å². The van der Waals surface area contributed by atoms with Crippen molar-refractivity contribution in [2.24, 2.45) is 0 Å². The minimum Gasteiger partial charge on any atom is -0.493 e. The lowest BCUT2D eigenvalue weighted by Gasteiger charge is -2.17. The van der Waals surface area contributed by atoms with Crippen molar-refractivity contribution in [3.05, 3.63) is 78.2 Å². The zero-order valence-electron chi connectivity index (χ0n) is 15.8. The van der Waals surface area contributed by atoms with Gasteiger partial charge < -0.3 is 9.64 Å². The van der Waals surface area contributed by atoms with Crippen LogP contribution in [0.15, 0.2) is 54.9 Å². The van der Waals surface area contributed by atoms with Gasteiger partial charge in [0.05, 0.1) is 13.2 Å². The van der Waals surface area contributed by atoms with E-state index in [4.69, 9.17) is 4.74 Å². The summed E-state index contributed by atoms with van der Waals surface area (Å²) < 4.78 is 18.8. The minimum absolute atomic E-state index is 0.00461. The van der Waals surface area contributed by atoms with Gasteiger partial charge in [-0.1, -0.05) is 12.1 Å². The van der Waals surface area contributed by atoms with Crippen molar-refractivity contribution in [1.29, 1.82) is 0 Å². The molecule has 0 unspecified atom stereocenters. The zero-order valence-corrected chi connectivity index (χ0v) is 15.8. The summed E-state index contributed by atoms with van der Waals surface area (Å²) in [6, 6.07) is 13.7. The van der Waals surface area contributed by atoms with E-state index >= 15 is 0 Å². The number of nitrogens with zero attached hydrogens (tertiary/aromatic N) is 5. The molecule has 0 aliphatic carbocycles. The number of benzene rings is 2. The molecule has 1 aliphatic rings. The Morgan fingerprint density at radius 3 is 2.69 bits per heavy atom. The molecule has 29 heavy (non-hydrogen) atoms.